The van der Waals surface area contributed by atoms with Gasteiger partial charge in [-0.2, -0.15) is 0 Å². The molecule has 1 aromatic heterocycles. The van der Waals surface area contributed by atoms with Crippen molar-refractivity contribution in [2.75, 3.05) is 13.1 Å². The second-order valence-electron chi connectivity index (χ2n) is 4.61. The molecule has 4 heteroatoms. The Labute approximate surface area is 104 Å². The maximum atomic E-state index is 10.2. The van der Waals surface area contributed by atoms with Crippen LogP contribution in [0, 0.1) is 0 Å². The first-order chi connectivity index (χ1) is 8.18. The van der Waals surface area contributed by atoms with Crippen LogP contribution in [0.5, 0.6) is 0 Å². The van der Waals surface area contributed by atoms with Gasteiger partial charge in [-0.15, -0.1) is 0 Å². The van der Waals surface area contributed by atoms with Gasteiger partial charge in [-0.25, -0.2) is 0 Å². The van der Waals surface area contributed by atoms with E-state index in [1.54, 1.807) is 6.20 Å². The quantitative estimate of drug-likeness (QED) is 0.852. The molecule has 1 saturated heterocycles. The highest BCUT2D eigenvalue weighted by Crippen LogP contribution is 2.29. The molecule has 88 valence electrons. The normalized spacial score (nSPS) is 18.0. The van der Waals surface area contributed by atoms with Crippen molar-refractivity contribution in [1.29, 1.82) is 0 Å². The number of halogens is 1. The molecule has 2 aromatic rings. The number of hydrogen-bond acceptors (Lipinski definition) is 3. The van der Waals surface area contributed by atoms with Crippen LogP contribution in [0.1, 0.15) is 5.56 Å². The number of fused-ring (bicyclic) bond motifs is 1. The van der Waals surface area contributed by atoms with Crippen LogP contribution in [-0.4, -0.2) is 28.8 Å². The first-order valence-corrected chi connectivity index (χ1v) is 6.01. The molecule has 1 fully saturated rings. The summed E-state index contributed by atoms with van der Waals surface area (Å²) in [5.41, 5.74) is 1.16. The maximum absolute atomic E-state index is 10.2. The number of nitrogens with zero attached hydrogens (tertiary/aromatic N) is 1. The van der Waals surface area contributed by atoms with Crippen molar-refractivity contribution in [1.82, 2.24) is 10.3 Å². The number of nitrogens with one attached hydrogen (secondary N) is 1. The summed E-state index contributed by atoms with van der Waals surface area (Å²) in [6, 6.07) is 7.73. The number of aliphatic hydroxyl groups is 1. The zero-order valence-electron chi connectivity index (χ0n) is 9.28. The van der Waals surface area contributed by atoms with Crippen LogP contribution >= 0.6 is 11.6 Å². The largest absolute Gasteiger partial charge is 0.387 e. The molecule has 0 aliphatic carbocycles. The highest BCUT2D eigenvalue weighted by Gasteiger charge is 2.35. The fourth-order valence-electron chi connectivity index (χ4n) is 2.22. The van der Waals surface area contributed by atoms with Crippen molar-refractivity contribution in [3.63, 3.8) is 0 Å². The van der Waals surface area contributed by atoms with Crippen LogP contribution in [0.4, 0.5) is 0 Å². The van der Waals surface area contributed by atoms with Crippen molar-refractivity contribution in [2.24, 2.45) is 0 Å². The van der Waals surface area contributed by atoms with E-state index in [0.717, 1.165) is 16.5 Å². The highest BCUT2D eigenvalue weighted by atomic mass is 35.5. The lowest BCUT2D eigenvalue weighted by atomic mass is 9.88. The van der Waals surface area contributed by atoms with E-state index in [4.69, 9.17) is 11.6 Å². The first kappa shape index (κ1) is 11.0. The minimum atomic E-state index is -0.671. The Morgan fingerprint density at radius 3 is 2.88 bits per heavy atom. The third-order valence-corrected chi connectivity index (χ3v) is 3.59. The Morgan fingerprint density at radius 2 is 2.18 bits per heavy atom. The minimum Gasteiger partial charge on any atom is -0.387 e. The molecule has 0 radical (unpaired) electrons. The van der Waals surface area contributed by atoms with Crippen molar-refractivity contribution in [3.05, 3.63) is 41.0 Å². The van der Waals surface area contributed by atoms with E-state index in [1.165, 1.54) is 0 Å². The SMILES string of the molecule is OC1(Cc2c(Cl)ccc3cccnc23)CNC1. The first-order valence-electron chi connectivity index (χ1n) is 5.63. The van der Waals surface area contributed by atoms with E-state index in [9.17, 15) is 5.11 Å². The van der Waals surface area contributed by atoms with Gasteiger partial charge in [0.05, 0.1) is 11.1 Å². The number of hydrogen-bond donors (Lipinski definition) is 2. The summed E-state index contributed by atoms with van der Waals surface area (Å²) >= 11 is 6.22. The molecular weight excluding hydrogens is 236 g/mol. The number of pyridine rings is 1. The highest BCUT2D eigenvalue weighted by molar-refractivity contribution is 6.32. The predicted octanol–water partition coefficient (Wildman–Crippen LogP) is 1.76. The molecule has 0 amide bonds. The summed E-state index contributed by atoms with van der Waals surface area (Å²) in [7, 11) is 0. The lowest BCUT2D eigenvalue weighted by Crippen LogP contribution is -2.60. The van der Waals surface area contributed by atoms with Gasteiger partial charge in [-0.3, -0.25) is 4.98 Å². The fraction of sp³-hybridized carbons (Fsp3) is 0.308. The van der Waals surface area contributed by atoms with Crippen molar-refractivity contribution in [3.8, 4) is 0 Å². The smallest absolute Gasteiger partial charge is 0.0936 e. The molecule has 1 aliphatic heterocycles. The van der Waals surface area contributed by atoms with Crippen LogP contribution < -0.4 is 5.32 Å². The summed E-state index contributed by atoms with van der Waals surface area (Å²) < 4.78 is 0. The number of rotatable bonds is 2. The van der Waals surface area contributed by atoms with Crippen LogP contribution in [0.3, 0.4) is 0 Å². The zero-order valence-corrected chi connectivity index (χ0v) is 10.0. The maximum Gasteiger partial charge on any atom is 0.0936 e. The van der Waals surface area contributed by atoms with E-state index in [-0.39, 0.29) is 0 Å². The van der Waals surface area contributed by atoms with Crippen LogP contribution in [0.2, 0.25) is 5.02 Å². The van der Waals surface area contributed by atoms with Gasteiger partial charge in [0.25, 0.3) is 0 Å². The molecule has 0 atom stereocenters. The summed E-state index contributed by atoms with van der Waals surface area (Å²) in [6.07, 6.45) is 2.30. The Balaban J connectivity index is 2.10. The third kappa shape index (κ3) is 1.90. The minimum absolute atomic E-state index is 0.549. The van der Waals surface area contributed by atoms with Gasteiger partial charge in [0.1, 0.15) is 0 Å². The van der Waals surface area contributed by atoms with Crippen molar-refractivity contribution >= 4 is 22.5 Å². The second kappa shape index (κ2) is 3.95. The molecule has 2 heterocycles. The standard InChI is InChI=1S/C13H13ClN2O/c14-11-4-3-9-2-1-5-16-12(9)10(11)6-13(17)7-15-8-13/h1-5,15,17H,6-8H2. The van der Waals surface area contributed by atoms with E-state index in [2.05, 4.69) is 10.3 Å². The third-order valence-electron chi connectivity index (χ3n) is 3.24. The second-order valence-corrected chi connectivity index (χ2v) is 5.01. The summed E-state index contributed by atoms with van der Waals surface area (Å²) in [5.74, 6) is 0. The van der Waals surface area contributed by atoms with Crippen LogP contribution in [0.15, 0.2) is 30.5 Å². The predicted molar refractivity (Wildman–Crippen MR) is 68.3 cm³/mol. The molecule has 1 aromatic carbocycles. The van der Waals surface area contributed by atoms with E-state index in [0.29, 0.717) is 24.5 Å². The van der Waals surface area contributed by atoms with E-state index in [1.807, 2.05) is 24.3 Å². The molecule has 1 aliphatic rings. The molecular formula is C13H13ClN2O. The van der Waals surface area contributed by atoms with Crippen molar-refractivity contribution in [2.45, 2.75) is 12.0 Å². The lowest BCUT2D eigenvalue weighted by molar-refractivity contribution is -0.00876. The Hall–Kier alpha value is -1.16. The molecule has 17 heavy (non-hydrogen) atoms. The topological polar surface area (TPSA) is 45.2 Å². The summed E-state index contributed by atoms with van der Waals surface area (Å²) in [4.78, 5) is 4.37. The monoisotopic (exact) mass is 248 g/mol. The van der Waals surface area contributed by atoms with Crippen LogP contribution in [-0.2, 0) is 6.42 Å². The van der Waals surface area contributed by atoms with Gasteiger partial charge >= 0.3 is 0 Å². The lowest BCUT2D eigenvalue weighted by Gasteiger charge is -2.38. The molecule has 0 bridgehead atoms. The Kier molecular flexibility index (Phi) is 2.54. The van der Waals surface area contributed by atoms with Gasteiger partial charge in [-0.1, -0.05) is 23.7 Å². The molecule has 3 rings (SSSR count). The number of β-amino-alcohol motifs (C(OH)–C–C–N with tert-alkyl or cyclic N) is 1. The molecule has 0 spiro atoms. The van der Waals surface area contributed by atoms with Gasteiger partial charge in [0, 0.05) is 36.1 Å². The van der Waals surface area contributed by atoms with Gasteiger partial charge in [-0.05, 0) is 17.7 Å². The average molecular weight is 249 g/mol. The van der Waals surface area contributed by atoms with E-state index < -0.39 is 5.60 Å². The van der Waals surface area contributed by atoms with Crippen molar-refractivity contribution < 1.29 is 5.11 Å². The van der Waals surface area contributed by atoms with Gasteiger partial charge < -0.3 is 10.4 Å². The molecule has 0 saturated carbocycles. The van der Waals surface area contributed by atoms with Crippen LogP contribution in [0.25, 0.3) is 10.9 Å². The molecule has 0 unspecified atom stereocenters. The number of aromatic nitrogens is 1. The van der Waals surface area contributed by atoms with Gasteiger partial charge in [0.2, 0.25) is 0 Å². The van der Waals surface area contributed by atoms with E-state index >= 15 is 0 Å². The number of benzene rings is 1. The fourth-order valence-corrected chi connectivity index (χ4v) is 2.44. The molecule has 3 nitrogen and oxygen atoms in total. The zero-order chi connectivity index (χ0) is 11.9. The Morgan fingerprint density at radius 1 is 1.35 bits per heavy atom. The summed E-state index contributed by atoms with van der Waals surface area (Å²) in [5, 5.41) is 15.0. The summed E-state index contributed by atoms with van der Waals surface area (Å²) in [6.45, 7) is 1.24. The van der Waals surface area contributed by atoms with Gasteiger partial charge in [0.15, 0.2) is 0 Å². The Bertz CT molecular complexity index is 566. The average Bonchev–Trinajstić information content (AvgIpc) is 2.31. The molecule has 2 N–H and O–H groups in total.